The van der Waals surface area contributed by atoms with E-state index in [4.69, 9.17) is 16.3 Å². The van der Waals surface area contributed by atoms with Gasteiger partial charge in [-0.1, -0.05) is 72.1 Å². The molecule has 37 heavy (non-hydrogen) atoms. The summed E-state index contributed by atoms with van der Waals surface area (Å²) in [5.41, 5.74) is 3.34. The van der Waals surface area contributed by atoms with Crippen LogP contribution in [0, 0.1) is 5.92 Å². The Bertz CT molecular complexity index is 1260. The lowest BCUT2D eigenvalue weighted by Crippen LogP contribution is -2.32. The normalized spacial score (nSPS) is 12.2. The number of hydrogen-bond donors (Lipinski definition) is 3. The quantitative estimate of drug-likeness (QED) is 0.223. The van der Waals surface area contributed by atoms with Gasteiger partial charge in [-0.15, -0.1) is 0 Å². The zero-order valence-electron chi connectivity index (χ0n) is 21.9. The minimum Gasteiger partial charge on any atom is -0.444 e. The molecule has 2 aromatic carbocycles. The van der Waals surface area contributed by atoms with Crippen molar-refractivity contribution in [1.82, 2.24) is 10.3 Å². The maximum Gasteiger partial charge on any atom is 0.407 e. The molecule has 1 heterocycles. The van der Waals surface area contributed by atoms with Gasteiger partial charge in [-0.25, -0.2) is 9.78 Å². The number of rotatable bonds is 9. The van der Waals surface area contributed by atoms with E-state index in [0.717, 1.165) is 39.5 Å². The molecule has 9 heteroatoms. The van der Waals surface area contributed by atoms with Gasteiger partial charge in [-0.2, -0.15) is 0 Å². The number of nitrogens with zero attached hydrogens (tertiary/aromatic N) is 1. The number of carbonyl (C=O) groups is 2. The maximum absolute atomic E-state index is 12.8. The predicted octanol–water partition coefficient (Wildman–Crippen LogP) is 7.66. The molecule has 3 N–H and O–H groups in total. The Hall–Kier alpha value is -2.84. The third-order valence-electron chi connectivity index (χ3n) is 5.65. The highest BCUT2D eigenvalue weighted by Gasteiger charge is 2.20. The molecule has 0 radical (unpaired) electrons. The first-order valence-electron chi connectivity index (χ1n) is 12.3. The molecule has 198 valence electrons. The van der Waals surface area contributed by atoms with E-state index in [9.17, 15) is 9.59 Å². The molecule has 1 aromatic heterocycles. The van der Waals surface area contributed by atoms with Crippen LogP contribution >= 0.6 is 27.5 Å². The van der Waals surface area contributed by atoms with Crippen molar-refractivity contribution in [2.75, 3.05) is 10.6 Å². The third kappa shape index (κ3) is 8.33. The number of nitrogens with one attached hydrogen (secondary N) is 3. The van der Waals surface area contributed by atoms with Gasteiger partial charge in [-0.3, -0.25) is 4.79 Å². The van der Waals surface area contributed by atoms with E-state index < -0.39 is 11.7 Å². The fourth-order valence-electron chi connectivity index (χ4n) is 3.77. The number of hydrogen-bond acceptors (Lipinski definition) is 5. The van der Waals surface area contributed by atoms with Gasteiger partial charge in [0.2, 0.25) is 5.91 Å². The van der Waals surface area contributed by atoms with Crippen LogP contribution in [0.3, 0.4) is 0 Å². The monoisotopic (exact) mass is 588 g/mol. The van der Waals surface area contributed by atoms with Crippen molar-refractivity contribution in [3.63, 3.8) is 0 Å². The Morgan fingerprint density at radius 2 is 1.70 bits per heavy atom. The van der Waals surface area contributed by atoms with Crippen molar-refractivity contribution < 1.29 is 14.3 Å². The molecular weight excluding hydrogens is 556 g/mol. The van der Waals surface area contributed by atoms with Crippen molar-refractivity contribution in [1.29, 1.82) is 0 Å². The Morgan fingerprint density at radius 3 is 2.32 bits per heavy atom. The van der Waals surface area contributed by atoms with Crippen LogP contribution in [0.4, 0.5) is 16.2 Å². The number of anilines is 2. The number of pyridine rings is 1. The van der Waals surface area contributed by atoms with E-state index >= 15 is 0 Å². The van der Waals surface area contributed by atoms with Gasteiger partial charge >= 0.3 is 6.09 Å². The second kappa shape index (κ2) is 12.6. The van der Waals surface area contributed by atoms with Gasteiger partial charge < -0.3 is 20.7 Å². The van der Waals surface area contributed by atoms with Crippen molar-refractivity contribution >= 4 is 61.8 Å². The average Bonchev–Trinajstić information content (AvgIpc) is 2.82. The number of ether oxygens (including phenoxy) is 1. The Balaban J connectivity index is 1.78. The van der Waals surface area contributed by atoms with Crippen LogP contribution in [-0.2, 0) is 22.6 Å². The van der Waals surface area contributed by atoms with Crippen LogP contribution in [0.5, 0.6) is 0 Å². The summed E-state index contributed by atoms with van der Waals surface area (Å²) in [7, 11) is 0. The van der Waals surface area contributed by atoms with Crippen LogP contribution in [0.15, 0.2) is 46.9 Å². The largest absolute Gasteiger partial charge is 0.444 e. The van der Waals surface area contributed by atoms with Crippen molar-refractivity contribution in [3.05, 3.63) is 63.2 Å². The van der Waals surface area contributed by atoms with Gasteiger partial charge in [-0.05, 0) is 56.5 Å². The number of benzene rings is 2. The summed E-state index contributed by atoms with van der Waals surface area (Å²) in [6.07, 6.45) is 1.25. The van der Waals surface area contributed by atoms with E-state index in [1.807, 2.05) is 70.2 Å². The lowest BCUT2D eigenvalue weighted by atomic mass is 10.1. The molecular formula is C28H34BrClN4O3. The van der Waals surface area contributed by atoms with Crippen molar-refractivity contribution in [2.24, 2.45) is 5.92 Å². The highest BCUT2D eigenvalue weighted by atomic mass is 79.9. The van der Waals surface area contributed by atoms with E-state index in [-0.39, 0.29) is 17.0 Å². The number of fused-ring (bicyclic) bond motifs is 1. The first kappa shape index (κ1) is 28.7. The minimum absolute atomic E-state index is 0.0908. The SMILES string of the molecule is CCCC(C)C(=O)Nc1c(Cl)nc2cc(Br)ccc2c1NCc1ccc(CNC(=O)OC(C)(C)C)cc1. The first-order chi connectivity index (χ1) is 17.5. The topological polar surface area (TPSA) is 92.4 Å². The van der Waals surface area contributed by atoms with E-state index in [2.05, 4.69) is 43.8 Å². The predicted molar refractivity (Wildman–Crippen MR) is 154 cm³/mol. The number of alkyl carbamates (subject to hydrolysis) is 1. The van der Waals surface area contributed by atoms with Gasteiger partial charge in [0.25, 0.3) is 0 Å². The molecule has 3 rings (SSSR count). The standard InChI is InChI=1S/C28H34BrClN4O3/c1-6-7-17(2)26(35)34-24-23(21-13-12-20(29)14-22(21)33-25(24)30)31-15-18-8-10-19(11-9-18)16-32-27(36)37-28(3,4)5/h8-14,17H,6-7,15-16H2,1-5H3,(H,31,33)(H,32,36)(H,34,35). The summed E-state index contributed by atoms with van der Waals surface area (Å²) in [5.74, 6) is -0.233. The Labute approximate surface area is 231 Å². The summed E-state index contributed by atoms with van der Waals surface area (Å²) < 4.78 is 6.17. The molecule has 0 aliphatic heterocycles. The molecule has 0 aliphatic rings. The first-order valence-corrected chi connectivity index (χ1v) is 13.5. The molecule has 1 atom stereocenters. The minimum atomic E-state index is -0.540. The number of halogens is 2. The smallest absolute Gasteiger partial charge is 0.407 e. The van der Waals surface area contributed by atoms with Gasteiger partial charge in [0.15, 0.2) is 5.15 Å². The van der Waals surface area contributed by atoms with Crippen molar-refractivity contribution in [2.45, 2.75) is 66.2 Å². The number of aromatic nitrogens is 1. The highest BCUT2D eigenvalue weighted by molar-refractivity contribution is 9.10. The van der Waals surface area contributed by atoms with Gasteiger partial charge in [0, 0.05) is 28.9 Å². The average molecular weight is 590 g/mol. The summed E-state index contributed by atoms with van der Waals surface area (Å²) in [6, 6.07) is 13.7. The zero-order valence-corrected chi connectivity index (χ0v) is 24.2. The molecule has 3 aromatic rings. The second-order valence-electron chi connectivity index (χ2n) is 10.0. The summed E-state index contributed by atoms with van der Waals surface area (Å²) in [4.78, 5) is 29.2. The van der Waals surface area contributed by atoms with Crippen LogP contribution in [0.2, 0.25) is 5.15 Å². The fraction of sp³-hybridized carbons (Fsp3) is 0.393. The van der Waals surface area contributed by atoms with Crippen LogP contribution in [0.25, 0.3) is 10.9 Å². The molecule has 0 saturated carbocycles. The lowest BCUT2D eigenvalue weighted by molar-refractivity contribution is -0.119. The molecule has 0 fully saturated rings. The zero-order chi connectivity index (χ0) is 27.2. The van der Waals surface area contributed by atoms with Crippen LogP contribution in [-0.4, -0.2) is 22.6 Å². The van der Waals surface area contributed by atoms with E-state index in [0.29, 0.717) is 24.3 Å². The van der Waals surface area contributed by atoms with Crippen molar-refractivity contribution in [3.8, 4) is 0 Å². The fourth-order valence-corrected chi connectivity index (χ4v) is 4.35. The molecule has 7 nitrogen and oxygen atoms in total. The summed E-state index contributed by atoms with van der Waals surface area (Å²) >= 11 is 10.1. The molecule has 0 aliphatic carbocycles. The van der Waals surface area contributed by atoms with E-state index in [1.165, 1.54) is 0 Å². The highest BCUT2D eigenvalue weighted by Crippen LogP contribution is 2.37. The van der Waals surface area contributed by atoms with Gasteiger partial charge in [0.1, 0.15) is 11.3 Å². The molecule has 1 unspecified atom stereocenters. The third-order valence-corrected chi connectivity index (χ3v) is 6.42. The number of amides is 2. The molecule has 0 spiro atoms. The summed E-state index contributed by atoms with van der Waals surface area (Å²) in [5, 5.41) is 10.3. The van der Waals surface area contributed by atoms with E-state index in [1.54, 1.807) is 0 Å². The van der Waals surface area contributed by atoms with Crippen LogP contribution < -0.4 is 16.0 Å². The molecule has 0 saturated heterocycles. The second-order valence-corrected chi connectivity index (χ2v) is 11.3. The Kier molecular flexibility index (Phi) is 9.79. The van der Waals surface area contributed by atoms with Crippen LogP contribution in [0.1, 0.15) is 58.6 Å². The van der Waals surface area contributed by atoms with Gasteiger partial charge in [0.05, 0.1) is 11.2 Å². The molecule has 0 bridgehead atoms. The maximum atomic E-state index is 12.8. The Morgan fingerprint density at radius 1 is 1.05 bits per heavy atom. The lowest BCUT2D eigenvalue weighted by Gasteiger charge is -2.20. The summed E-state index contributed by atoms with van der Waals surface area (Å²) in [6.45, 7) is 10.3. The molecule has 2 amide bonds. The number of carbonyl (C=O) groups excluding carboxylic acids is 2.